The predicted molar refractivity (Wildman–Crippen MR) is 63.6 cm³/mol. The largest absolute Gasteiger partial charge is 0.286 e. The maximum atomic E-state index is 9.19. The molecule has 92 valence electrons. The normalized spacial score (nSPS) is 10.4. The summed E-state index contributed by atoms with van der Waals surface area (Å²) < 4.78 is 28.1. The Bertz CT molecular complexity index is 354. The zero-order chi connectivity index (χ0) is 12.4. The van der Waals surface area contributed by atoms with Crippen molar-refractivity contribution in [2.75, 3.05) is 6.26 Å². The molecule has 1 aromatic heterocycles. The van der Waals surface area contributed by atoms with Crippen LogP contribution in [0.1, 0.15) is 26.2 Å². The average molecular weight is 246 g/mol. The number of rotatable bonds is 4. The molecule has 5 heteroatoms. The molecule has 0 spiro atoms. The molecule has 1 aromatic rings. The Hall–Kier alpha value is -0.940. The molecule has 0 amide bonds. The second-order valence-corrected chi connectivity index (χ2v) is 5.02. The summed E-state index contributed by atoms with van der Waals surface area (Å²) in [6.45, 7) is 3.39. The van der Waals surface area contributed by atoms with Gasteiger partial charge in [-0.2, -0.15) is 8.42 Å². The van der Waals surface area contributed by atoms with Gasteiger partial charge < -0.3 is 0 Å². The monoisotopic (exact) mass is 246 g/mol. The van der Waals surface area contributed by atoms with Crippen LogP contribution < -0.4 is 4.57 Å². The fourth-order valence-corrected chi connectivity index (χ4v) is 1.13. The Morgan fingerprint density at radius 1 is 1.12 bits per heavy atom. The molecule has 1 N–H and O–H groups in total. The van der Waals surface area contributed by atoms with E-state index in [1.807, 2.05) is 0 Å². The van der Waals surface area contributed by atoms with E-state index in [9.17, 15) is 8.42 Å². The van der Waals surface area contributed by atoms with Gasteiger partial charge in [0.2, 0.25) is 0 Å². The highest BCUT2D eigenvalue weighted by Crippen LogP contribution is 1.92. The molecular formula is C11H20NO3S+. The Morgan fingerprint density at radius 3 is 2.06 bits per heavy atom. The Balaban J connectivity index is 0.000000385. The highest BCUT2D eigenvalue weighted by Gasteiger charge is 1.94. The summed E-state index contributed by atoms with van der Waals surface area (Å²) in [5, 5.41) is 0. The van der Waals surface area contributed by atoms with Gasteiger partial charge in [0, 0.05) is 18.6 Å². The quantitative estimate of drug-likeness (QED) is 0.499. The van der Waals surface area contributed by atoms with Gasteiger partial charge >= 0.3 is 0 Å². The van der Waals surface area contributed by atoms with Gasteiger partial charge in [0.05, 0.1) is 6.26 Å². The van der Waals surface area contributed by atoms with Gasteiger partial charge in [-0.1, -0.05) is 19.4 Å². The predicted octanol–water partition coefficient (Wildman–Crippen LogP) is 1.67. The highest BCUT2D eigenvalue weighted by atomic mass is 32.2. The second kappa shape index (κ2) is 8.24. The van der Waals surface area contributed by atoms with Crippen LogP contribution >= 0.6 is 0 Å². The number of pyridine rings is 1. The Morgan fingerprint density at radius 2 is 1.62 bits per heavy atom. The van der Waals surface area contributed by atoms with E-state index in [1.165, 1.54) is 19.3 Å². The molecule has 0 aliphatic carbocycles. The summed E-state index contributed by atoms with van der Waals surface area (Å²) in [5.41, 5.74) is 0. The van der Waals surface area contributed by atoms with Crippen LogP contribution in [0.4, 0.5) is 0 Å². The first kappa shape index (κ1) is 15.1. The van der Waals surface area contributed by atoms with E-state index >= 15 is 0 Å². The van der Waals surface area contributed by atoms with Gasteiger partial charge in [-0.15, -0.1) is 0 Å². The van der Waals surface area contributed by atoms with Crippen molar-refractivity contribution in [3.63, 3.8) is 0 Å². The fourth-order valence-electron chi connectivity index (χ4n) is 1.13. The van der Waals surface area contributed by atoms with Gasteiger partial charge in [0.1, 0.15) is 6.54 Å². The third-order valence-electron chi connectivity index (χ3n) is 1.80. The lowest BCUT2D eigenvalue weighted by Gasteiger charge is -1.93. The number of hydrogen-bond acceptors (Lipinski definition) is 2. The number of aromatic nitrogens is 1. The molecule has 16 heavy (non-hydrogen) atoms. The standard InChI is InChI=1S/C10H16N.CH4O3S/c1-2-3-5-8-11-9-6-4-7-10-11;1-5(2,3)4/h4,6-7,9-10H,2-3,5,8H2,1H3;1H3,(H,2,3,4)/q+1;. The summed E-state index contributed by atoms with van der Waals surface area (Å²) in [6, 6.07) is 6.20. The van der Waals surface area contributed by atoms with Crippen LogP contribution in [0.15, 0.2) is 30.6 Å². The van der Waals surface area contributed by atoms with E-state index in [0.29, 0.717) is 6.26 Å². The molecule has 0 saturated carbocycles. The summed E-state index contributed by atoms with van der Waals surface area (Å²) >= 11 is 0. The number of aryl methyl sites for hydroxylation is 1. The summed E-state index contributed by atoms with van der Waals surface area (Å²) in [5.74, 6) is 0. The first-order chi connectivity index (χ1) is 7.43. The van der Waals surface area contributed by atoms with E-state index < -0.39 is 10.1 Å². The number of hydrogen-bond donors (Lipinski definition) is 1. The molecule has 0 saturated heterocycles. The van der Waals surface area contributed by atoms with Crippen LogP contribution in [0, 0.1) is 0 Å². The van der Waals surface area contributed by atoms with Gasteiger partial charge in [0.25, 0.3) is 10.1 Å². The van der Waals surface area contributed by atoms with Gasteiger partial charge in [-0.05, 0) is 6.42 Å². The molecule has 1 heterocycles. The lowest BCUT2D eigenvalue weighted by molar-refractivity contribution is -0.697. The maximum absolute atomic E-state index is 9.19. The van der Waals surface area contributed by atoms with Gasteiger partial charge in [-0.3, -0.25) is 4.55 Å². The molecule has 0 fully saturated rings. The van der Waals surface area contributed by atoms with Crippen LogP contribution in [-0.2, 0) is 16.7 Å². The summed E-state index contributed by atoms with van der Waals surface area (Å²) in [6.07, 6.45) is 8.89. The van der Waals surface area contributed by atoms with Crippen molar-refractivity contribution in [3.8, 4) is 0 Å². The van der Waals surface area contributed by atoms with Crippen molar-refractivity contribution in [1.29, 1.82) is 0 Å². The molecule has 0 aromatic carbocycles. The molecule has 1 rings (SSSR count). The van der Waals surface area contributed by atoms with Crippen molar-refractivity contribution >= 4 is 10.1 Å². The third kappa shape index (κ3) is 13.1. The lowest BCUT2D eigenvalue weighted by atomic mass is 10.2. The van der Waals surface area contributed by atoms with Crippen molar-refractivity contribution < 1.29 is 17.5 Å². The molecule has 0 unspecified atom stereocenters. The SMILES string of the molecule is CCCCC[n+]1ccccc1.CS(=O)(=O)O. The van der Waals surface area contributed by atoms with E-state index in [0.717, 1.165) is 6.54 Å². The van der Waals surface area contributed by atoms with Crippen molar-refractivity contribution in [2.24, 2.45) is 0 Å². The molecule has 0 radical (unpaired) electrons. The van der Waals surface area contributed by atoms with Crippen molar-refractivity contribution in [3.05, 3.63) is 30.6 Å². The van der Waals surface area contributed by atoms with E-state index in [2.05, 4.69) is 42.1 Å². The Kier molecular flexibility index (Phi) is 7.76. The first-order valence-electron chi connectivity index (χ1n) is 5.30. The van der Waals surface area contributed by atoms with Crippen LogP contribution in [0.2, 0.25) is 0 Å². The molecule has 0 atom stereocenters. The van der Waals surface area contributed by atoms with E-state index in [4.69, 9.17) is 4.55 Å². The van der Waals surface area contributed by atoms with E-state index in [-0.39, 0.29) is 0 Å². The topological polar surface area (TPSA) is 58.2 Å². The zero-order valence-corrected chi connectivity index (χ0v) is 10.7. The van der Waals surface area contributed by atoms with Crippen LogP contribution in [0.3, 0.4) is 0 Å². The van der Waals surface area contributed by atoms with Crippen LogP contribution in [0.5, 0.6) is 0 Å². The second-order valence-electron chi connectivity index (χ2n) is 3.55. The minimum absolute atomic E-state index is 0.715. The third-order valence-corrected chi connectivity index (χ3v) is 1.80. The van der Waals surface area contributed by atoms with Crippen molar-refractivity contribution in [2.45, 2.75) is 32.7 Å². The molecular weight excluding hydrogens is 226 g/mol. The van der Waals surface area contributed by atoms with E-state index in [1.54, 1.807) is 0 Å². The van der Waals surface area contributed by atoms with Crippen molar-refractivity contribution in [1.82, 2.24) is 0 Å². The zero-order valence-electron chi connectivity index (χ0n) is 9.83. The Labute approximate surface area is 97.7 Å². The summed E-state index contributed by atoms with van der Waals surface area (Å²) in [7, 11) is -3.67. The minimum atomic E-state index is -3.67. The van der Waals surface area contributed by atoms with Crippen LogP contribution in [-0.4, -0.2) is 19.2 Å². The molecule has 0 aliphatic heterocycles. The van der Waals surface area contributed by atoms with Crippen LogP contribution in [0.25, 0.3) is 0 Å². The smallest absolute Gasteiger partial charge is 0.261 e. The minimum Gasteiger partial charge on any atom is -0.286 e. The van der Waals surface area contributed by atoms with Gasteiger partial charge in [-0.25, -0.2) is 4.57 Å². The molecule has 0 aliphatic rings. The number of unbranched alkanes of at least 4 members (excludes halogenated alkanes) is 2. The molecule has 0 bridgehead atoms. The average Bonchev–Trinajstić information content (AvgIpc) is 2.17. The van der Waals surface area contributed by atoms with Gasteiger partial charge in [0.15, 0.2) is 12.4 Å². The maximum Gasteiger partial charge on any atom is 0.261 e. The molecule has 4 nitrogen and oxygen atoms in total. The summed E-state index contributed by atoms with van der Waals surface area (Å²) in [4.78, 5) is 0. The highest BCUT2D eigenvalue weighted by molar-refractivity contribution is 7.85. The fraction of sp³-hybridized carbons (Fsp3) is 0.545. The lowest BCUT2D eigenvalue weighted by Crippen LogP contribution is -2.31. The number of nitrogens with zero attached hydrogens (tertiary/aromatic N) is 1. The first-order valence-corrected chi connectivity index (χ1v) is 7.15.